The summed E-state index contributed by atoms with van der Waals surface area (Å²) in [4.78, 5) is 18.9. The summed E-state index contributed by atoms with van der Waals surface area (Å²) in [6.45, 7) is 12.5. The number of aliphatic hydroxyl groups excluding tert-OH is 1. The van der Waals surface area contributed by atoms with Crippen LogP contribution in [0, 0.1) is 11.8 Å². The highest BCUT2D eigenvalue weighted by molar-refractivity contribution is 5.73. The molecule has 0 aromatic heterocycles. The summed E-state index contributed by atoms with van der Waals surface area (Å²) in [7, 11) is 1.83. The van der Waals surface area contributed by atoms with Crippen LogP contribution in [0.3, 0.4) is 0 Å². The van der Waals surface area contributed by atoms with Gasteiger partial charge in [0.15, 0.2) is 0 Å². The van der Waals surface area contributed by atoms with Crippen LogP contribution in [0.25, 0.3) is 0 Å². The van der Waals surface area contributed by atoms with Crippen molar-refractivity contribution >= 4 is 6.03 Å². The molecule has 6 heteroatoms. The zero-order chi connectivity index (χ0) is 17.5. The van der Waals surface area contributed by atoms with Crippen molar-refractivity contribution in [3.8, 4) is 0 Å². The first-order valence-corrected chi connectivity index (χ1v) is 9.61. The van der Waals surface area contributed by atoms with Crippen molar-refractivity contribution in [1.29, 1.82) is 0 Å². The van der Waals surface area contributed by atoms with Gasteiger partial charge in [-0.1, -0.05) is 20.3 Å². The topological polar surface area (TPSA) is 59.0 Å². The summed E-state index contributed by atoms with van der Waals surface area (Å²) >= 11 is 0. The van der Waals surface area contributed by atoms with Crippen LogP contribution in [0.4, 0.5) is 4.79 Å². The molecule has 2 aliphatic rings. The smallest absolute Gasteiger partial charge is 0.317 e. The van der Waals surface area contributed by atoms with Crippen molar-refractivity contribution in [1.82, 2.24) is 20.0 Å². The van der Waals surface area contributed by atoms with Crippen molar-refractivity contribution in [3.05, 3.63) is 0 Å². The molecule has 0 spiro atoms. The minimum Gasteiger partial charge on any atom is -0.393 e. The van der Waals surface area contributed by atoms with Gasteiger partial charge in [0, 0.05) is 58.8 Å². The molecule has 1 heterocycles. The van der Waals surface area contributed by atoms with Crippen LogP contribution in [-0.2, 0) is 0 Å². The number of hydrogen-bond donors (Lipinski definition) is 2. The second-order valence-electron chi connectivity index (χ2n) is 7.66. The molecule has 3 unspecified atom stereocenters. The number of hydrogen-bond acceptors (Lipinski definition) is 4. The average Bonchev–Trinajstić information content (AvgIpc) is 2.98. The van der Waals surface area contributed by atoms with Crippen LogP contribution in [0.2, 0.25) is 0 Å². The molecule has 6 nitrogen and oxygen atoms in total. The van der Waals surface area contributed by atoms with E-state index in [2.05, 4.69) is 29.0 Å². The molecular formula is C18H36N4O2. The summed E-state index contributed by atoms with van der Waals surface area (Å²) in [5, 5.41) is 12.9. The Kier molecular flexibility index (Phi) is 7.78. The molecule has 1 aliphatic heterocycles. The molecular weight excluding hydrogens is 304 g/mol. The SMILES string of the molecule is CCN1CCN(CC(C)CNC(=O)N(C)CC2CCCC2O)CC1. The predicted octanol–water partition coefficient (Wildman–Crippen LogP) is 1.06. The van der Waals surface area contributed by atoms with E-state index in [9.17, 15) is 9.90 Å². The van der Waals surface area contributed by atoms with Crippen molar-refractivity contribution in [2.75, 3.05) is 59.4 Å². The number of carbonyl (C=O) groups is 1. The molecule has 2 rings (SSSR count). The van der Waals surface area contributed by atoms with E-state index in [1.54, 1.807) is 4.90 Å². The Labute approximate surface area is 147 Å². The molecule has 0 radical (unpaired) electrons. The van der Waals surface area contributed by atoms with Gasteiger partial charge in [0.1, 0.15) is 0 Å². The quantitative estimate of drug-likeness (QED) is 0.728. The van der Waals surface area contributed by atoms with E-state index in [0.29, 0.717) is 19.0 Å². The minimum atomic E-state index is -0.235. The van der Waals surface area contributed by atoms with E-state index < -0.39 is 0 Å². The van der Waals surface area contributed by atoms with Crippen LogP contribution < -0.4 is 5.32 Å². The van der Waals surface area contributed by atoms with Gasteiger partial charge in [0.2, 0.25) is 0 Å². The predicted molar refractivity (Wildman–Crippen MR) is 97.1 cm³/mol. The van der Waals surface area contributed by atoms with Crippen LogP contribution in [0.1, 0.15) is 33.1 Å². The molecule has 24 heavy (non-hydrogen) atoms. The van der Waals surface area contributed by atoms with Gasteiger partial charge in [-0.3, -0.25) is 0 Å². The van der Waals surface area contributed by atoms with E-state index >= 15 is 0 Å². The average molecular weight is 341 g/mol. The van der Waals surface area contributed by atoms with E-state index in [-0.39, 0.29) is 18.1 Å². The number of aliphatic hydroxyl groups is 1. The Hall–Kier alpha value is -0.850. The van der Waals surface area contributed by atoms with Crippen LogP contribution in [0.5, 0.6) is 0 Å². The van der Waals surface area contributed by atoms with Crippen molar-refractivity contribution in [3.63, 3.8) is 0 Å². The highest BCUT2D eigenvalue weighted by Crippen LogP contribution is 2.25. The highest BCUT2D eigenvalue weighted by Gasteiger charge is 2.27. The number of carbonyl (C=O) groups excluding carboxylic acids is 1. The second kappa shape index (κ2) is 9.59. The molecule has 0 aromatic rings. The van der Waals surface area contributed by atoms with E-state index in [0.717, 1.165) is 58.5 Å². The molecule has 1 saturated heterocycles. The van der Waals surface area contributed by atoms with Gasteiger partial charge in [0.05, 0.1) is 6.10 Å². The van der Waals surface area contributed by atoms with E-state index in [1.165, 1.54) is 0 Å². The van der Waals surface area contributed by atoms with Gasteiger partial charge in [0.25, 0.3) is 0 Å². The molecule has 2 amide bonds. The highest BCUT2D eigenvalue weighted by atomic mass is 16.3. The summed E-state index contributed by atoms with van der Waals surface area (Å²) in [6.07, 6.45) is 2.74. The lowest BCUT2D eigenvalue weighted by atomic mass is 10.1. The first kappa shape index (κ1) is 19.5. The third kappa shape index (κ3) is 5.90. The minimum absolute atomic E-state index is 0.0169. The van der Waals surface area contributed by atoms with Crippen molar-refractivity contribution < 1.29 is 9.90 Å². The number of urea groups is 1. The number of nitrogens with one attached hydrogen (secondary N) is 1. The molecule has 140 valence electrons. The Bertz CT molecular complexity index is 385. The van der Waals surface area contributed by atoms with Crippen LogP contribution in [0.15, 0.2) is 0 Å². The fourth-order valence-electron chi connectivity index (χ4n) is 3.85. The zero-order valence-electron chi connectivity index (χ0n) is 15.7. The fraction of sp³-hybridized carbons (Fsp3) is 0.944. The normalized spacial score (nSPS) is 27.2. The van der Waals surface area contributed by atoms with Crippen LogP contribution in [-0.4, -0.2) is 91.3 Å². The lowest BCUT2D eigenvalue weighted by Crippen LogP contribution is -2.48. The molecule has 0 bridgehead atoms. The molecule has 1 saturated carbocycles. The molecule has 2 fully saturated rings. The van der Waals surface area contributed by atoms with Gasteiger partial charge in [-0.05, 0) is 25.3 Å². The number of likely N-dealkylation sites (N-methyl/N-ethyl adjacent to an activating group) is 1. The summed E-state index contributed by atoms with van der Waals surface area (Å²) in [5.74, 6) is 0.695. The Morgan fingerprint density at radius 2 is 1.92 bits per heavy atom. The van der Waals surface area contributed by atoms with E-state index in [4.69, 9.17) is 0 Å². The third-order valence-corrected chi connectivity index (χ3v) is 5.56. The Morgan fingerprint density at radius 1 is 1.25 bits per heavy atom. The second-order valence-corrected chi connectivity index (χ2v) is 7.66. The van der Waals surface area contributed by atoms with Gasteiger partial charge >= 0.3 is 6.03 Å². The number of amides is 2. The zero-order valence-corrected chi connectivity index (χ0v) is 15.7. The Morgan fingerprint density at radius 3 is 2.50 bits per heavy atom. The van der Waals surface area contributed by atoms with Gasteiger partial charge < -0.3 is 25.1 Å². The largest absolute Gasteiger partial charge is 0.393 e. The molecule has 0 aromatic carbocycles. The maximum absolute atomic E-state index is 12.2. The summed E-state index contributed by atoms with van der Waals surface area (Å²) in [6, 6.07) is -0.0169. The fourth-order valence-corrected chi connectivity index (χ4v) is 3.85. The summed E-state index contributed by atoms with van der Waals surface area (Å²) < 4.78 is 0. The lowest BCUT2D eigenvalue weighted by molar-refractivity contribution is 0.112. The first-order chi connectivity index (χ1) is 11.5. The van der Waals surface area contributed by atoms with Crippen molar-refractivity contribution in [2.24, 2.45) is 11.8 Å². The Balaban J connectivity index is 1.62. The van der Waals surface area contributed by atoms with Gasteiger partial charge in [-0.25, -0.2) is 4.79 Å². The maximum atomic E-state index is 12.2. The van der Waals surface area contributed by atoms with Crippen LogP contribution >= 0.6 is 0 Å². The lowest BCUT2D eigenvalue weighted by Gasteiger charge is -2.35. The monoisotopic (exact) mass is 340 g/mol. The summed E-state index contributed by atoms with van der Waals surface area (Å²) in [5.41, 5.74) is 0. The third-order valence-electron chi connectivity index (χ3n) is 5.56. The standard InChI is InChI=1S/C18H36N4O2/c1-4-21-8-10-22(11-9-21)13-15(2)12-19-18(24)20(3)14-16-6-5-7-17(16)23/h15-17,23H,4-14H2,1-3H3,(H,19,24). The van der Waals surface area contributed by atoms with Gasteiger partial charge in [-0.2, -0.15) is 0 Å². The first-order valence-electron chi connectivity index (χ1n) is 9.61. The molecule has 1 aliphatic carbocycles. The molecule has 3 atom stereocenters. The van der Waals surface area contributed by atoms with E-state index in [1.807, 2.05) is 7.05 Å². The molecule has 2 N–H and O–H groups in total. The maximum Gasteiger partial charge on any atom is 0.317 e. The number of nitrogens with zero attached hydrogens (tertiary/aromatic N) is 3. The number of rotatable bonds is 7. The van der Waals surface area contributed by atoms with Gasteiger partial charge in [-0.15, -0.1) is 0 Å². The van der Waals surface area contributed by atoms with Crippen molar-refractivity contribution in [2.45, 2.75) is 39.2 Å². The number of piperazine rings is 1.